The van der Waals surface area contributed by atoms with Gasteiger partial charge in [0.25, 0.3) is 0 Å². The Balaban J connectivity index is 1.57. The third-order valence-corrected chi connectivity index (χ3v) is 14.5. The highest BCUT2D eigenvalue weighted by Gasteiger charge is 2.68. The van der Waals surface area contributed by atoms with Gasteiger partial charge in [-0.05, 0) is 121 Å². The Morgan fingerprint density at radius 2 is 1.55 bits per heavy atom. The van der Waals surface area contributed by atoms with E-state index in [1.165, 1.54) is 38.5 Å². The molecule has 0 aromatic rings. The van der Waals surface area contributed by atoms with Crippen molar-refractivity contribution in [2.24, 2.45) is 50.2 Å². The zero-order valence-corrected chi connectivity index (χ0v) is 23.6. The van der Waals surface area contributed by atoms with E-state index in [1.54, 1.807) is 5.57 Å². The maximum Gasteiger partial charge on any atom is 0.227 e. The molecule has 0 radical (unpaired) electrons. The van der Waals surface area contributed by atoms with Gasteiger partial charge in [-0.3, -0.25) is 4.79 Å². The minimum Gasteiger partial charge on any atom is -0.281 e. The van der Waals surface area contributed by atoms with E-state index in [9.17, 15) is 4.79 Å². The Hall–Kier alpha value is -0.0100. The topological polar surface area (TPSA) is 17.1 Å². The fourth-order valence-electron chi connectivity index (χ4n) is 10.5. The molecular weight excluding hydrogens is 447 g/mol. The van der Waals surface area contributed by atoms with Crippen LogP contribution in [-0.4, -0.2) is 10.6 Å². The van der Waals surface area contributed by atoms with Crippen LogP contribution in [0.1, 0.15) is 113 Å². The zero-order valence-electron chi connectivity index (χ0n) is 22.1. The molecule has 0 aromatic carbocycles. The highest BCUT2D eigenvalue weighted by Crippen LogP contribution is 2.75. The molecule has 9 atom stereocenters. The van der Waals surface area contributed by atoms with Crippen molar-refractivity contribution in [1.29, 1.82) is 0 Å². The number of carbonyl (C=O) groups is 1. The predicted molar refractivity (Wildman–Crippen MR) is 140 cm³/mol. The number of allylic oxidation sites excluding steroid dienone is 2. The third-order valence-electron chi connectivity index (χ3n) is 13.2. The summed E-state index contributed by atoms with van der Waals surface area (Å²) in [5.74, 6) is 1.92. The first-order valence-corrected chi connectivity index (χ1v) is 14.5. The molecule has 0 amide bonds. The molecule has 0 saturated heterocycles. The van der Waals surface area contributed by atoms with Gasteiger partial charge < -0.3 is 0 Å². The predicted octanol–water partition coefficient (Wildman–Crippen LogP) is 9.16. The summed E-state index contributed by atoms with van der Waals surface area (Å²) in [6.07, 6.45) is 14.5. The molecule has 0 bridgehead atoms. The van der Waals surface area contributed by atoms with Crippen molar-refractivity contribution in [3.63, 3.8) is 0 Å². The van der Waals surface area contributed by atoms with E-state index in [0.717, 1.165) is 31.6 Å². The van der Waals surface area contributed by atoms with Crippen LogP contribution in [0.3, 0.4) is 0 Å². The highest BCUT2D eigenvalue weighted by atomic mass is 35.5. The molecular formula is C30H46Cl2O. The molecule has 33 heavy (non-hydrogen) atoms. The lowest BCUT2D eigenvalue weighted by atomic mass is 9.34. The smallest absolute Gasteiger partial charge is 0.227 e. The van der Waals surface area contributed by atoms with Crippen LogP contribution in [0.4, 0.5) is 0 Å². The molecule has 0 N–H and O–H groups in total. The molecule has 5 aliphatic carbocycles. The number of hydrogen-bond donors (Lipinski definition) is 0. The quantitative estimate of drug-likeness (QED) is 0.202. The van der Waals surface area contributed by atoms with Crippen molar-refractivity contribution in [2.45, 2.75) is 118 Å². The van der Waals surface area contributed by atoms with Crippen LogP contribution < -0.4 is 0 Å². The summed E-state index contributed by atoms with van der Waals surface area (Å²) in [6, 6.07) is 0. The van der Waals surface area contributed by atoms with Crippen LogP contribution in [0.5, 0.6) is 0 Å². The molecule has 4 saturated carbocycles. The lowest BCUT2D eigenvalue weighted by Gasteiger charge is -2.71. The standard InChI is InChI=1S/C30H46Cl2O/c1-25(2)21-10-13-30(7)22(28(21,5)12-11-23(25)31)9-8-19-20-18-27(4,24(32)33)15-14-26(20,3)16-17-29(19,30)6/h8,20-23H,9-18H2,1-7H3/t20-,21?,22?,23-,26+,27-,28-,29+,30+/m0/s1. The maximum absolute atomic E-state index is 12.5. The van der Waals surface area contributed by atoms with Gasteiger partial charge in [-0.25, -0.2) is 0 Å². The van der Waals surface area contributed by atoms with Gasteiger partial charge in [-0.2, -0.15) is 0 Å². The summed E-state index contributed by atoms with van der Waals surface area (Å²) in [4.78, 5) is 12.5. The number of fused-ring (bicyclic) bond motifs is 7. The van der Waals surface area contributed by atoms with Crippen molar-refractivity contribution in [2.75, 3.05) is 0 Å². The van der Waals surface area contributed by atoms with Gasteiger partial charge >= 0.3 is 0 Å². The van der Waals surface area contributed by atoms with Crippen molar-refractivity contribution in [1.82, 2.24) is 0 Å². The Morgan fingerprint density at radius 1 is 0.879 bits per heavy atom. The van der Waals surface area contributed by atoms with Crippen LogP contribution in [0.25, 0.3) is 0 Å². The van der Waals surface area contributed by atoms with Gasteiger partial charge in [0.05, 0.1) is 0 Å². The van der Waals surface area contributed by atoms with Crippen LogP contribution in [0.2, 0.25) is 0 Å². The average molecular weight is 494 g/mol. The first-order valence-electron chi connectivity index (χ1n) is 13.7. The molecule has 4 fully saturated rings. The second kappa shape index (κ2) is 7.27. The first-order chi connectivity index (χ1) is 15.1. The Morgan fingerprint density at radius 3 is 2.21 bits per heavy atom. The number of carbonyl (C=O) groups excluding carboxylic acids is 1. The van der Waals surface area contributed by atoms with Crippen molar-refractivity contribution in [3.8, 4) is 0 Å². The summed E-state index contributed by atoms with van der Waals surface area (Å²) in [5, 5.41) is 0.180. The SMILES string of the molecule is CC1(C)C2CC[C@]3(C)C(CC=C4[C@@H]5C[C@@](C)(C(=O)Cl)CC[C@]5(C)CC[C@]43C)[C@@]2(C)CC[C@@H]1Cl. The molecule has 5 rings (SSSR count). The molecule has 5 aliphatic rings. The second-order valence-corrected chi connectivity index (χ2v) is 15.7. The number of halogens is 2. The van der Waals surface area contributed by atoms with Crippen LogP contribution in [0, 0.1) is 50.2 Å². The monoisotopic (exact) mass is 492 g/mol. The Labute approximate surface area is 212 Å². The van der Waals surface area contributed by atoms with Crippen molar-refractivity contribution < 1.29 is 4.79 Å². The highest BCUT2D eigenvalue weighted by molar-refractivity contribution is 6.64. The largest absolute Gasteiger partial charge is 0.281 e. The summed E-state index contributed by atoms with van der Waals surface area (Å²) < 4.78 is 0. The van der Waals surface area contributed by atoms with Crippen molar-refractivity contribution in [3.05, 3.63) is 11.6 Å². The van der Waals surface area contributed by atoms with Crippen LogP contribution in [-0.2, 0) is 4.79 Å². The number of rotatable bonds is 1. The number of hydrogen-bond acceptors (Lipinski definition) is 1. The second-order valence-electron chi connectivity index (χ2n) is 14.9. The summed E-state index contributed by atoms with van der Waals surface area (Å²) >= 11 is 13.1. The third kappa shape index (κ3) is 3.06. The normalized spacial score (nSPS) is 55.4. The summed E-state index contributed by atoms with van der Waals surface area (Å²) in [6.45, 7) is 17.4. The lowest BCUT2D eigenvalue weighted by Crippen LogP contribution is -2.64. The van der Waals surface area contributed by atoms with Gasteiger partial charge in [0.2, 0.25) is 5.24 Å². The van der Waals surface area contributed by atoms with Crippen LogP contribution in [0.15, 0.2) is 11.6 Å². The van der Waals surface area contributed by atoms with E-state index >= 15 is 0 Å². The van der Waals surface area contributed by atoms with E-state index in [4.69, 9.17) is 23.2 Å². The lowest BCUT2D eigenvalue weighted by molar-refractivity contribution is -0.178. The van der Waals surface area contributed by atoms with Gasteiger partial charge in [0.15, 0.2) is 0 Å². The number of alkyl halides is 1. The van der Waals surface area contributed by atoms with Gasteiger partial charge in [0.1, 0.15) is 0 Å². The minimum atomic E-state index is -0.366. The summed E-state index contributed by atoms with van der Waals surface area (Å²) in [5.41, 5.74) is 2.76. The summed E-state index contributed by atoms with van der Waals surface area (Å²) in [7, 11) is 0. The molecule has 0 spiro atoms. The van der Waals surface area contributed by atoms with E-state index in [1.807, 2.05) is 0 Å². The van der Waals surface area contributed by atoms with Gasteiger partial charge in [0, 0.05) is 10.8 Å². The van der Waals surface area contributed by atoms with Gasteiger partial charge in [-0.1, -0.05) is 60.1 Å². The molecule has 2 unspecified atom stereocenters. The fourth-order valence-corrected chi connectivity index (χ4v) is 10.9. The zero-order chi connectivity index (χ0) is 24.2. The average Bonchev–Trinajstić information content (AvgIpc) is 2.73. The Kier molecular flexibility index (Phi) is 5.44. The van der Waals surface area contributed by atoms with Crippen molar-refractivity contribution >= 4 is 28.4 Å². The first kappa shape index (κ1) is 24.7. The maximum atomic E-state index is 12.5. The molecule has 3 heteroatoms. The van der Waals surface area contributed by atoms with Gasteiger partial charge in [-0.15, -0.1) is 11.6 Å². The molecule has 186 valence electrons. The molecule has 0 heterocycles. The minimum absolute atomic E-state index is 0.120. The van der Waals surface area contributed by atoms with Crippen LogP contribution >= 0.6 is 23.2 Å². The van der Waals surface area contributed by atoms with E-state index in [0.29, 0.717) is 33.5 Å². The van der Waals surface area contributed by atoms with E-state index in [2.05, 4.69) is 54.5 Å². The molecule has 0 aliphatic heterocycles. The fraction of sp³-hybridized carbons (Fsp3) is 0.900. The van der Waals surface area contributed by atoms with E-state index < -0.39 is 0 Å². The molecule has 0 aromatic heterocycles. The van der Waals surface area contributed by atoms with E-state index in [-0.39, 0.29) is 21.5 Å². The Bertz CT molecular complexity index is 892. The molecule has 1 nitrogen and oxygen atoms in total.